The van der Waals surface area contributed by atoms with E-state index in [1.807, 2.05) is 0 Å². The lowest BCUT2D eigenvalue weighted by Gasteiger charge is -2.39. The lowest BCUT2D eigenvalue weighted by atomic mass is 9.95. The molecule has 0 aromatic heterocycles. The fourth-order valence-corrected chi connectivity index (χ4v) is 1.46. The van der Waals surface area contributed by atoms with Crippen LogP contribution in [0, 0.1) is 0 Å². The molecule has 0 radical (unpaired) electrons. The average Bonchev–Trinajstić information content (AvgIpc) is 2.25. The molecule has 88 valence electrons. The fraction of sp³-hybridized carbons (Fsp3) is 1.00. The highest BCUT2D eigenvalue weighted by atomic mass is 16.5. The predicted molar refractivity (Wildman–Crippen MR) is 47.7 cm³/mol. The maximum Gasteiger partial charge on any atom is 0.111 e. The van der Waals surface area contributed by atoms with Crippen LogP contribution in [0.15, 0.2) is 10.3 Å². The number of hydrogen-bond acceptors (Lipinski definition) is 7. The van der Waals surface area contributed by atoms with Gasteiger partial charge in [0.15, 0.2) is 0 Å². The highest BCUT2D eigenvalue weighted by Gasteiger charge is 2.43. The number of nitrogens with zero attached hydrogens (tertiary/aromatic N) is 2. The van der Waals surface area contributed by atoms with E-state index in [4.69, 9.17) is 15.7 Å². The average molecular weight is 221 g/mol. The maximum absolute atomic E-state index is 9.49. The second-order valence-corrected chi connectivity index (χ2v) is 3.31. The van der Waals surface area contributed by atoms with Crippen molar-refractivity contribution in [3.05, 3.63) is 0 Å². The highest BCUT2D eigenvalue weighted by Crippen LogP contribution is 2.21. The van der Waals surface area contributed by atoms with E-state index in [9.17, 15) is 15.3 Å². The van der Waals surface area contributed by atoms with Crippen LogP contribution >= 0.6 is 0 Å². The standard InChI is InChI=1S/C7H15N3O5/c8-10-9-1-3-5(12)7(14)6(13)4(2-11)15-3/h3-7,11-14H,1-2H2,(H2,8,9)/t3?,4-,5+,6+,7-/m1/s1. The first-order valence-corrected chi connectivity index (χ1v) is 4.49. The van der Waals surface area contributed by atoms with Gasteiger partial charge in [0.05, 0.1) is 13.2 Å². The van der Waals surface area contributed by atoms with Crippen LogP contribution in [-0.4, -0.2) is 64.1 Å². The topological polar surface area (TPSA) is 141 Å². The molecule has 1 heterocycles. The third-order valence-corrected chi connectivity index (χ3v) is 2.33. The molecule has 1 unspecified atom stereocenters. The minimum Gasteiger partial charge on any atom is -0.394 e. The Labute approximate surface area is 86.0 Å². The van der Waals surface area contributed by atoms with Crippen molar-refractivity contribution in [1.29, 1.82) is 0 Å². The van der Waals surface area contributed by atoms with Crippen molar-refractivity contribution >= 4 is 0 Å². The minimum atomic E-state index is -1.38. The molecule has 8 heteroatoms. The molecule has 0 bridgehead atoms. The number of ether oxygens (including phenoxy) is 1. The van der Waals surface area contributed by atoms with E-state index < -0.39 is 37.1 Å². The van der Waals surface area contributed by atoms with Gasteiger partial charge in [0.25, 0.3) is 0 Å². The van der Waals surface area contributed by atoms with Gasteiger partial charge in [-0.3, -0.25) is 0 Å². The molecule has 1 fully saturated rings. The van der Waals surface area contributed by atoms with Crippen molar-refractivity contribution in [2.24, 2.45) is 16.2 Å². The van der Waals surface area contributed by atoms with Crippen molar-refractivity contribution in [3.63, 3.8) is 0 Å². The summed E-state index contributed by atoms with van der Waals surface area (Å²) in [7, 11) is 0. The first kappa shape index (κ1) is 12.3. The summed E-state index contributed by atoms with van der Waals surface area (Å²) in [5, 5.41) is 43.5. The van der Waals surface area contributed by atoms with Gasteiger partial charge in [0, 0.05) is 0 Å². The van der Waals surface area contributed by atoms with Crippen LogP contribution in [0.1, 0.15) is 0 Å². The van der Waals surface area contributed by atoms with Gasteiger partial charge < -0.3 is 31.0 Å². The molecule has 1 aliphatic rings. The Hall–Kier alpha value is -0.800. The second kappa shape index (κ2) is 5.33. The molecule has 0 saturated carbocycles. The van der Waals surface area contributed by atoms with E-state index in [0.717, 1.165) is 0 Å². The van der Waals surface area contributed by atoms with E-state index in [1.165, 1.54) is 0 Å². The fourth-order valence-electron chi connectivity index (χ4n) is 1.46. The molecule has 5 atom stereocenters. The third kappa shape index (κ3) is 2.61. The molecule has 0 aromatic rings. The largest absolute Gasteiger partial charge is 0.394 e. The molecule has 6 N–H and O–H groups in total. The Morgan fingerprint density at radius 3 is 2.20 bits per heavy atom. The number of nitrogens with two attached hydrogens (primary N) is 1. The summed E-state index contributed by atoms with van der Waals surface area (Å²) in [5.74, 6) is 4.78. The van der Waals surface area contributed by atoms with Gasteiger partial charge in [-0.05, 0) is 0 Å². The van der Waals surface area contributed by atoms with Gasteiger partial charge in [-0.15, -0.1) is 0 Å². The molecule has 0 amide bonds. The van der Waals surface area contributed by atoms with Crippen molar-refractivity contribution in [2.75, 3.05) is 13.2 Å². The van der Waals surface area contributed by atoms with E-state index in [0.29, 0.717) is 0 Å². The van der Waals surface area contributed by atoms with Gasteiger partial charge in [-0.1, -0.05) is 5.22 Å². The SMILES string of the molecule is NN=NCC1O[C@H](CO)[C@H](O)[C@H](O)[C@H]1O. The zero-order valence-electron chi connectivity index (χ0n) is 7.97. The zero-order valence-corrected chi connectivity index (χ0v) is 7.97. The molecule has 1 saturated heterocycles. The van der Waals surface area contributed by atoms with Crippen molar-refractivity contribution < 1.29 is 25.2 Å². The second-order valence-electron chi connectivity index (χ2n) is 3.31. The lowest BCUT2D eigenvalue weighted by molar-refractivity contribution is -0.226. The lowest BCUT2D eigenvalue weighted by Crippen LogP contribution is -2.59. The quantitative estimate of drug-likeness (QED) is 0.197. The highest BCUT2D eigenvalue weighted by molar-refractivity contribution is 4.92. The summed E-state index contributed by atoms with van der Waals surface area (Å²) in [5.41, 5.74) is 0. The predicted octanol–water partition coefficient (Wildman–Crippen LogP) is -2.85. The van der Waals surface area contributed by atoms with Crippen LogP contribution in [-0.2, 0) is 4.74 Å². The van der Waals surface area contributed by atoms with Crippen LogP contribution in [0.5, 0.6) is 0 Å². The summed E-state index contributed by atoms with van der Waals surface area (Å²) < 4.78 is 5.11. The summed E-state index contributed by atoms with van der Waals surface area (Å²) in [6, 6.07) is 0. The minimum absolute atomic E-state index is 0.0437. The Morgan fingerprint density at radius 1 is 1.07 bits per heavy atom. The van der Waals surface area contributed by atoms with Crippen molar-refractivity contribution in [1.82, 2.24) is 0 Å². The molecular formula is C7H15N3O5. The Balaban J connectivity index is 2.65. The monoisotopic (exact) mass is 221 g/mol. The molecule has 8 nitrogen and oxygen atoms in total. The Bertz CT molecular complexity index is 225. The van der Waals surface area contributed by atoms with Crippen LogP contribution in [0.3, 0.4) is 0 Å². The van der Waals surface area contributed by atoms with Crippen molar-refractivity contribution in [3.8, 4) is 0 Å². The summed E-state index contributed by atoms with van der Waals surface area (Å²) in [6.45, 7) is -0.501. The molecule has 1 rings (SSSR count). The number of aliphatic hydroxyl groups excluding tert-OH is 4. The molecule has 0 aromatic carbocycles. The van der Waals surface area contributed by atoms with Gasteiger partial charge >= 0.3 is 0 Å². The third-order valence-electron chi connectivity index (χ3n) is 2.33. The molecule has 0 spiro atoms. The van der Waals surface area contributed by atoms with E-state index in [-0.39, 0.29) is 6.54 Å². The summed E-state index contributed by atoms with van der Waals surface area (Å²) in [4.78, 5) is 0. The number of aliphatic hydroxyl groups is 4. The van der Waals surface area contributed by atoms with Crippen LogP contribution in [0.4, 0.5) is 0 Å². The van der Waals surface area contributed by atoms with Gasteiger partial charge in [0.1, 0.15) is 30.5 Å². The Morgan fingerprint density at radius 2 is 1.67 bits per heavy atom. The first-order chi connectivity index (χ1) is 7.11. The first-order valence-electron chi connectivity index (χ1n) is 4.49. The number of rotatable bonds is 3. The van der Waals surface area contributed by atoms with Gasteiger partial charge in [-0.25, -0.2) is 0 Å². The summed E-state index contributed by atoms with van der Waals surface area (Å²) in [6.07, 6.45) is -5.77. The zero-order chi connectivity index (χ0) is 11.4. The van der Waals surface area contributed by atoms with Gasteiger partial charge in [-0.2, -0.15) is 5.11 Å². The van der Waals surface area contributed by atoms with E-state index >= 15 is 0 Å². The van der Waals surface area contributed by atoms with E-state index in [2.05, 4.69) is 10.3 Å². The maximum atomic E-state index is 9.49. The normalized spacial score (nSPS) is 42.3. The Kier molecular flexibility index (Phi) is 4.36. The van der Waals surface area contributed by atoms with Crippen LogP contribution in [0.25, 0.3) is 0 Å². The molecule has 0 aliphatic carbocycles. The number of hydrogen-bond donors (Lipinski definition) is 5. The van der Waals surface area contributed by atoms with Crippen LogP contribution < -0.4 is 5.84 Å². The van der Waals surface area contributed by atoms with E-state index in [1.54, 1.807) is 0 Å². The molecule has 1 aliphatic heterocycles. The molecule has 15 heavy (non-hydrogen) atoms. The summed E-state index contributed by atoms with van der Waals surface area (Å²) >= 11 is 0. The van der Waals surface area contributed by atoms with Gasteiger partial charge in [0.2, 0.25) is 0 Å². The van der Waals surface area contributed by atoms with Crippen molar-refractivity contribution in [2.45, 2.75) is 30.5 Å². The molecular weight excluding hydrogens is 206 g/mol. The van der Waals surface area contributed by atoms with Crippen LogP contribution in [0.2, 0.25) is 0 Å². The smallest absolute Gasteiger partial charge is 0.111 e.